The van der Waals surface area contributed by atoms with Gasteiger partial charge < -0.3 is 5.11 Å². The van der Waals surface area contributed by atoms with Crippen LogP contribution in [0.2, 0.25) is 0 Å². The minimum absolute atomic E-state index is 0.425. The van der Waals surface area contributed by atoms with Gasteiger partial charge in [-0.05, 0) is 24.1 Å². The lowest BCUT2D eigenvalue weighted by molar-refractivity contribution is 0.109. The van der Waals surface area contributed by atoms with Gasteiger partial charge in [-0.2, -0.15) is 0 Å². The lowest BCUT2D eigenvalue weighted by atomic mass is 10.1. The summed E-state index contributed by atoms with van der Waals surface area (Å²) in [6.07, 6.45) is 0.667. The van der Waals surface area contributed by atoms with E-state index in [0.29, 0.717) is 6.54 Å². The fourth-order valence-corrected chi connectivity index (χ4v) is 2.42. The van der Waals surface area contributed by atoms with Crippen molar-refractivity contribution in [2.24, 2.45) is 0 Å². The van der Waals surface area contributed by atoms with Gasteiger partial charge in [0.25, 0.3) is 0 Å². The number of nitrogens with zero attached hydrogens (tertiary/aromatic N) is 1. The van der Waals surface area contributed by atoms with Crippen LogP contribution in [-0.2, 0) is 6.54 Å². The molecule has 0 amide bonds. The SMILES string of the molecule is CCCN(Cc1ccccc1)CC(O)c1ccccc1. The lowest BCUT2D eigenvalue weighted by Crippen LogP contribution is -2.29. The first kappa shape index (κ1) is 14.8. The van der Waals surface area contributed by atoms with Crippen molar-refractivity contribution in [3.05, 3.63) is 71.8 Å². The summed E-state index contributed by atoms with van der Waals surface area (Å²) in [6.45, 7) is 4.73. The molecule has 2 aromatic rings. The van der Waals surface area contributed by atoms with Crippen molar-refractivity contribution in [2.75, 3.05) is 13.1 Å². The molecule has 0 saturated heterocycles. The Kier molecular flexibility index (Phi) is 5.78. The molecule has 0 saturated carbocycles. The van der Waals surface area contributed by atoms with Crippen LogP contribution in [0.4, 0.5) is 0 Å². The third-order valence-electron chi connectivity index (χ3n) is 3.40. The van der Waals surface area contributed by atoms with Gasteiger partial charge in [0.15, 0.2) is 0 Å². The van der Waals surface area contributed by atoms with Crippen LogP contribution in [0.25, 0.3) is 0 Å². The van der Waals surface area contributed by atoms with Crippen LogP contribution in [0, 0.1) is 0 Å². The van der Waals surface area contributed by atoms with Crippen LogP contribution >= 0.6 is 0 Å². The topological polar surface area (TPSA) is 23.5 Å². The fourth-order valence-electron chi connectivity index (χ4n) is 2.42. The summed E-state index contributed by atoms with van der Waals surface area (Å²) in [4.78, 5) is 2.31. The zero-order chi connectivity index (χ0) is 14.2. The maximum Gasteiger partial charge on any atom is 0.0917 e. The maximum atomic E-state index is 10.4. The van der Waals surface area contributed by atoms with Gasteiger partial charge in [0.1, 0.15) is 0 Å². The number of aliphatic hydroxyl groups excluding tert-OH is 1. The molecule has 0 bridgehead atoms. The van der Waals surface area contributed by atoms with Crippen LogP contribution in [0.3, 0.4) is 0 Å². The predicted molar refractivity (Wildman–Crippen MR) is 83.4 cm³/mol. The highest BCUT2D eigenvalue weighted by Gasteiger charge is 2.13. The molecule has 106 valence electrons. The van der Waals surface area contributed by atoms with Gasteiger partial charge in [0.2, 0.25) is 0 Å². The van der Waals surface area contributed by atoms with E-state index in [-0.39, 0.29) is 0 Å². The molecule has 1 unspecified atom stereocenters. The first-order valence-electron chi connectivity index (χ1n) is 7.29. The van der Waals surface area contributed by atoms with E-state index in [4.69, 9.17) is 0 Å². The third kappa shape index (κ3) is 4.48. The molecule has 2 rings (SSSR count). The van der Waals surface area contributed by atoms with E-state index in [0.717, 1.165) is 25.1 Å². The van der Waals surface area contributed by atoms with Crippen LogP contribution < -0.4 is 0 Å². The maximum absolute atomic E-state index is 10.4. The molecule has 0 spiro atoms. The summed E-state index contributed by atoms with van der Waals surface area (Å²) in [5, 5.41) is 10.4. The molecule has 0 heterocycles. The molecule has 2 aromatic carbocycles. The van der Waals surface area contributed by atoms with E-state index >= 15 is 0 Å². The number of hydrogen-bond donors (Lipinski definition) is 1. The van der Waals surface area contributed by atoms with Crippen molar-refractivity contribution < 1.29 is 5.11 Å². The predicted octanol–water partition coefficient (Wildman–Crippen LogP) is 3.63. The molecule has 0 radical (unpaired) electrons. The van der Waals surface area contributed by atoms with Gasteiger partial charge in [-0.15, -0.1) is 0 Å². The van der Waals surface area contributed by atoms with Crippen molar-refractivity contribution >= 4 is 0 Å². The highest BCUT2D eigenvalue weighted by Crippen LogP contribution is 2.15. The van der Waals surface area contributed by atoms with Crippen LogP contribution in [0.15, 0.2) is 60.7 Å². The Morgan fingerprint density at radius 1 is 0.950 bits per heavy atom. The van der Waals surface area contributed by atoms with Crippen LogP contribution in [0.1, 0.15) is 30.6 Å². The van der Waals surface area contributed by atoms with Gasteiger partial charge in [-0.3, -0.25) is 4.90 Å². The van der Waals surface area contributed by atoms with Crippen LogP contribution in [0.5, 0.6) is 0 Å². The second kappa shape index (κ2) is 7.83. The third-order valence-corrected chi connectivity index (χ3v) is 3.40. The molecule has 0 aromatic heterocycles. The minimum Gasteiger partial charge on any atom is -0.387 e. The Hall–Kier alpha value is -1.64. The van der Waals surface area contributed by atoms with Crippen molar-refractivity contribution in [1.82, 2.24) is 4.90 Å². The van der Waals surface area contributed by atoms with Gasteiger partial charge in [0.05, 0.1) is 6.10 Å². The molecule has 2 nitrogen and oxygen atoms in total. The first-order chi connectivity index (χ1) is 9.79. The highest BCUT2D eigenvalue weighted by atomic mass is 16.3. The normalized spacial score (nSPS) is 12.6. The van der Waals surface area contributed by atoms with E-state index < -0.39 is 6.10 Å². The zero-order valence-electron chi connectivity index (χ0n) is 12.1. The summed E-state index contributed by atoms with van der Waals surface area (Å²) >= 11 is 0. The first-order valence-corrected chi connectivity index (χ1v) is 7.29. The summed E-state index contributed by atoms with van der Waals surface area (Å²) in [5.41, 5.74) is 2.28. The standard InChI is InChI=1S/C18H23NO/c1-2-13-19(14-16-9-5-3-6-10-16)15-18(20)17-11-7-4-8-12-17/h3-12,18,20H,2,13-15H2,1H3. The molecule has 0 aliphatic carbocycles. The lowest BCUT2D eigenvalue weighted by Gasteiger charge is -2.25. The van der Waals surface area contributed by atoms with Gasteiger partial charge >= 0.3 is 0 Å². The quantitative estimate of drug-likeness (QED) is 0.829. The van der Waals surface area contributed by atoms with E-state index in [2.05, 4.69) is 36.1 Å². The number of hydrogen-bond acceptors (Lipinski definition) is 2. The summed E-state index contributed by atoms with van der Waals surface area (Å²) in [5.74, 6) is 0. The fraction of sp³-hybridized carbons (Fsp3) is 0.333. The summed E-state index contributed by atoms with van der Waals surface area (Å²) < 4.78 is 0. The molecular weight excluding hydrogens is 246 g/mol. The molecule has 0 fully saturated rings. The van der Waals surface area contributed by atoms with Gasteiger partial charge in [-0.25, -0.2) is 0 Å². The zero-order valence-corrected chi connectivity index (χ0v) is 12.1. The Balaban J connectivity index is 1.98. The smallest absolute Gasteiger partial charge is 0.0917 e. The molecule has 0 aliphatic rings. The highest BCUT2D eigenvalue weighted by molar-refractivity contribution is 5.18. The monoisotopic (exact) mass is 269 g/mol. The summed E-state index contributed by atoms with van der Waals surface area (Å²) in [6, 6.07) is 20.3. The van der Waals surface area contributed by atoms with Crippen LogP contribution in [-0.4, -0.2) is 23.1 Å². The molecule has 20 heavy (non-hydrogen) atoms. The Bertz CT molecular complexity index is 483. The largest absolute Gasteiger partial charge is 0.387 e. The average molecular weight is 269 g/mol. The molecule has 1 atom stereocenters. The second-order valence-electron chi connectivity index (χ2n) is 5.15. The second-order valence-corrected chi connectivity index (χ2v) is 5.15. The van der Waals surface area contributed by atoms with Crippen molar-refractivity contribution in [3.63, 3.8) is 0 Å². The summed E-state index contributed by atoms with van der Waals surface area (Å²) in [7, 11) is 0. The Labute approximate surface area is 121 Å². The molecule has 0 aliphatic heterocycles. The van der Waals surface area contributed by atoms with Gasteiger partial charge in [-0.1, -0.05) is 67.6 Å². The minimum atomic E-state index is -0.425. The van der Waals surface area contributed by atoms with E-state index in [1.165, 1.54) is 5.56 Å². The number of aliphatic hydroxyl groups is 1. The Morgan fingerprint density at radius 3 is 2.15 bits per heavy atom. The van der Waals surface area contributed by atoms with Crippen molar-refractivity contribution in [1.29, 1.82) is 0 Å². The molecular formula is C18H23NO. The Morgan fingerprint density at radius 2 is 1.55 bits per heavy atom. The molecule has 1 N–H and O–H groups in total. The average Bonchev–Trinajstić information content (AvgIpc) is 2.49. The van der Waals surface area contributed by atoms with E-state index in [1.54, 1.807) is 0 Å². The van der Waals surface area contributed by atoms with Crippen molar-refractivity contribution in [2.45, 2.75) is 26.0 Å². The number of benzene rings is 2. The van der Waals surface area contributed by atoms with Crippen molar-refractivity contribution in [3.8, 4) is 0 Å². The molecule has 2 heteroatoms. The van der Waals surface area contributed by atoms with E-state index in [1.807, 2.05) is 36.4 Å². The van der Waals surface area contributed by atoms with E-state index in [9.17, 15) is 5.11 Å². The number of rotatable bonds is 7. The van der Waals surface area contributed by atoms with Gasteiger partial charge in [0, 0.05) is 13.1 Å².